The summed E-state index contributed by atoms with van der Waals surface area (Å²) in [6.45, 7) is 12.2. The second-order valence-electron chi connectivity index (χ2n) is 8.60. The maximum absolute atomic E-state index is 12.2. The molecule has 166 valence electrons. The number of carbonyl (C=O) groups excluding carboxylic acids is 1. The van der Waals surface area contributed by atoms with Crippen molar-refractivity contribution in [1.29, 1.82) is 0 Å². The van der Waals surface area contributed by atoms with E-state index in [4.69, 9.17) is 9.73 Å². The SMILES string of the molecule is CCNC(=NCC1CC(C)N(Cc2ccccc2)C1)N1CCC[C@@H](C(=O)OCC)C1. The van der Waals surface area contributed by atoms with E-state index in [2.05, 4.69) is 59.3 Å². The molecule has 2 aliphatic rings. The number of hydrogen-bond donors (Lipinski definition) is 1. The van der Waals surface area contributed by atoms with E-state index in [1.54, 1.807) is 0 Å². The zero-order valence-corrected chi connectivity index (χ0v) is 18.8. The molecule has 0 amide bonds. The van der Waals surface area contributed by atoms with E-state index in [-0.39, 0.29) is 11.9 Å². The van der Waals surface area contributed by atoms with Crippen LogP contribution in [0.2, 0.25) is 0 Å². The van der Waals surface area contributed by atoms with Crippen molar-refractivity contribution >= 4 is 11.9 Å². The number of aliphatic imine (C=N–C) groups is 1. The number of hydrogen-bond acceptors (Lipinski definition) is 4. The van der Waals surface area contributed by atoms with Crippen LogP contribution in [-0.4, -0.2) is 67.1 Å². The normalized spacial score (nSPS) is 25.4. The summed E-state index contributed by atoms with van der Waals surface area (Å²) < 4.78 is 5.25. The second kappa shape index (κ2) is 11.3. The molecule has 6 heteroatoms. The van der Waals surface area contributed by atoms with Gasteiger partial charge in [0.15, 0.2) is 5.96 Å². The zero-order valence-electron chi connectivity index (χ0n) is 18.8. The van der Waals surface area contributed by atoms with Crippen LogP contribution in [0.1, 0.15) is 45.6 Å². The molecule has 1 aromatic carbocycles. The molecule has 0 bridgehead atoms. The topological polar surface area (TPSA) is 57.2 Å². The average molecular weight is 415 g/mol. The van der Waals surface area contributed by atoms with Crippen LogP contribution in [0.4, 0.5) is 0 Å². The van der Waals surface area contributed by atoms with Crippen molar-refractivity contribution < 1.29 is 9.53 Å². The lowest BCUT2D eigenvalue weighted by atomic mass is 9.98. The Balaban J connectivity index is 1.57. The monoisotopic (exact) mass is 414 g/mol. The smallest absolute Gasteiger partial charge is 0.310 e. The molecule has 30 heavy (non-hydrogen) atoms. The van der Waals surface area contributed by atoms with Gasteiger partial charge in [0.25, 0.3) is 0 Å². The van der Waals surface area contributed by atoms with Crippen molar-refractivity contribution in [2.24, 2.45) is 16.8 Å². The van der Waals surface area contributed by atoms with Crippen LogP contribution in [0.25, 0.3) is 0 Å². The number of guanidine groups is 1. The number of esters is 1. The third-order valence-electron chi connectivity index (χ3n) is 6.19. The maximum atomic E-state index is 12.2. The molecular formula is C24H38N4O2. The summed E-state index contributed by atoms with van der Waals surface area (Å²) in [5.41, 5.74) is 1.38. The highest BCUT2D eigenvalue weighted by Crippen LogP contribution is 2.25. The molecule has 3 atom stereocenters. The summed E-state index contributed by atoms with van der Waals surface area (Å²) >= 11 is 0. The van der Waals surface area contributed by atoms with Gasteiger partial charge < -0.3 is 15.0 Å². The fourth-order valence-corrected chi connectivity index (χ4v) is 4.65. The number of piperidine rings is 1. The molecule has 2 heterocycles. The van der Waals surface area contributed by atoms with Gasteiger partial charge in [-0.3, -0.25) is 14.7 Å². The molecule has 2 saturated heterocycles. The Hall–Kier alpha value is -2.08. The van der Waals surface area contributed by atoms with Crippen LogP contribution >= 0.6 is 0 Å². The van der Waals surface area contributed by atoms with Crippen molar-refractivity contribution in [3.63, 3.8) is 0 Å². The van der Waals surface area contributed by atoms with Gasteiger partial charge in [-0.25, -0.2) is 0 Å². The van der Waals surface area contributed by atoms with E-state index in [0.717, 1.165) is 51.5 Å². The van der Waals surface area contributed by atoms with Crippen molar-refractivity contribution in [1.82, 2.24) is 15.1 Å². The van der Waals surface area contributed by atoms with Gasteiger partial charge in [0.1, 0.15) is 0 Å². The van der Waals surface area contributed by atoms with Crippen molar-refractivity contribution in [3.8, 4) is 0 Å². The summed E-state index contributed by atoms with van der Waals surface area (Å²) in [5, 5.41) is 3.44. The Kier molecular flexibility index (Phi) is 8.55. The largest absolute Gasteiger partial charge is 0.466 e. The number of benzene rings is 1. The Labute approximate surface area is 181 Å². The van der Waals surface area contributed by atoms with Gasteiger partial charge in [0.05, 0.1) is 12.5 Å². The number of carbonyl (C=O) groups is 1. The molecule has 0 saturated carbocycles. The van der Waals surface area contributed by atoms with Crippen LogP contribution in [0.3, 0.4) is 0 Å². The Morgan fingerprint density at radius 1 is 1.23 bits per heavy atom. The van der Waals surface area contributed by atoms with Gasteiger partial charge >= 0.3 is 5.97 Å². The van der Waals surface area contributed by atoms with Crippen LogP contribution in [0.5, 0.6) is 0 Å². The average Bonchev–Trinajstić information content (AvgIpc) is 3.11. The van der Waals surface area contributed by atoms with Crippen molar-refractivity contribution in [3.05, 3.63) is 35.9 Å². The van der Waals surface area contributed by atoms with E-state index < -0.39 is 0 Å². The number of rotatable bonds is 7. The maximum Gasteiger partial charge on any atom is 0.310 e. The lowest BCUT2D eigenvalue weighted by Crippen LogP contribution is -2.48. The van der Waals surface area contributed by atoms with E-state index in [1.807, 2.05) is 6.92 Å². The molecule has 1 N–H and O–H groups in total. The minimum absolute atomic E-state index is 0.0459. The molecule has 0 aromatic heterocycles. The molecule has 0 spiro atoms. The highest BCUT2D eigenvalue weighted by atomic mass is 16.5. The Morgan fingerprint density at radius 2 is 2.03 bits per heavy atom. The molecule has 2 aliphatic heterocycles. The number of nitrogens with zero attached hydrogens (tertiary/aromatic N) is 3. The second-order valence-corrected chi connectivity index (χ2v) is 8.60. The van der Waals surface area contributed by atoms with E-state index >= 15 is 0 Å². The molecule has 2 unspecified atom stereocenters. The van der Waals surface area contributed by atoms with Gasteiger partial charge in [-0.2, -0.15) is 0 Å². The van der Waals surface area contributed by atoms with Gasteiger partial charge in [-0.05, 0) is 51.5 Å². The van der Waals surface area contributed by atoms with Gasteiger partial charge in [0.2, 0.25) is 0 Å². The predicted molar refractivity (Wildman–Crippen MR) is 121 cm³/mol. The molecule has 3 rings (SSSR count). The van der Waals surface area contributed by atoms with Gasteiger partial charge in [0, 0.05) is 45.3 Å². The minimum Gasteiger partial charge on any atom is -0.466 e. The van der Waals surface area contributed by atoms with Crippen LogP contribution < -0.4 is 5.32 Å². The first-order valence-electron chi connectivity index (χ1n) is 11.6. The minimum atomic E-state index is -0.0702. The fraction of sp³-hybridized carbons (Fsp3) is 0.667. The standard InChI is InChI=1S/C24H38N4O2/c1-4-25-24(27-13-9-12-22(18-27)23(29)30-5-2)26-15-21-14-19(3)28(17-21)16-20-10-7-6-8-11-20/h6-8,10-11,19,21-22H,4-5,9,12-18H2,1-3H3,(H,25,26)/t19?,21?,22-/m1/s1. The summed E-state index contributed by atoms with van der Waals surface area (Å²) in [6.07, 6.45) is 3.09. The first-order valence-corrected chi connectivity index (χ1v) is 11.6. The van der Waals surface area contributed by atoms with E-state index in [0.29, 0.717) is 25.1 Å². The summed E-state index contributed by atoms with van der Waals surface area (Å²) in [7, 11) is 0. The quantitative estimate of drug-likeness (QED) is 0.422. The van der Waals surface area contributed by atoms with Crippen molar-refractivity contribution in [2.45, 2.75) is 52.6 Å². The highest BCUT2D eigenvalue weighted by Gasteiger charge is 2.30. The first-order chi connectivity index (χ1) is 14.6. The third kappa shape index (κ3) is 6.21. The summed E-state index contributed by atoms with van der Waals surface area (Å²) in [6, 6.07) is 11.3. The summed E-state index contributed by atoms with van der Waals surface area (Å²) in [4.78, 5) is 22.0. The Morgan fingerprint density at radius 3 is 2.77 bits per heavy atom. The molecule has 0 aliphatic carbocycles. The molecule has 1 aromatic rings. The Bertz CT molecular complexity index is 694. The first kappa shape index (κ1) is 22.6. The molecule has 2 fully saturated rings. The lowest BCUT2D eigenvalue weighted by molar-refractivity contribution is -0.149. The lowest BCUT2D eigenvalue weighted by Gasteiger charge is -2.34. The molecular weight excluding hydrogens is 376 g/mol. The van der Waals surface area contributed by atoms with Gasteiger partial charge in [-0.1, -0.05) is 30.3 Å². The third-order valence-corrected chi connectivity index (χ3v) is 6.19. The number of ether oxygens (including phenoxy) is 1. The number of nitrogens with one attached hydrogen (secondary N) is 1. The fourth-order valence-electron chi connectivity index (χ4n) is 4.65. The van der Waals surface area contributed by atoms with Crippen molar-refractivity contribution in [2.75, 3.05) is 39.3 Å². The van der Waals surface area contributed by atoms with E-state index in [1.165, 1.54) is 12.0 Å². The van der Waals surface area contributed by atoms with E-state index in [9.17, 15) is 4.79 Å². The zero-order chi connectivity index (χ0) is 21.3. The van der Waals surface area contributed by atoms with Crippen LogP contribution in [0, 0.1) is 11.8 Å². The van der Waals surface area contributed by atoms with Gasteiger partial charge in [-0.15, -0.1) is 0 Å². The molecule has 6 nitrogen and oxygen atoms in total. The highest BCUT2D eigenvalue weighted by molar-refractivity contribution is 5.81. The van der Waals surface area contributed by atoms with Crippen LogP contribution in [0.15, 0.2) is 35.3 Å². The number of likely N-dealkylation sites (tertiary alicyclic amines) is 2. The van der Waals surface area contributed by atoms with Crippen LogP contribution in [-0.2, 0) is 16.1 Å². The molecule has 0 radical (unpaired) electrons. The summed E-state index contributed by atoms with van der Waals surface area (Å²) in [5.74, 6) is 1.40. The predicted octanol–water partition coefficient (Wildman–Crippen LogP) is 3.14.